The molecule has 2 atom stereocenters. The van der Waals surface area contributed by atoms with E-state index < -0.39 is 0 Å². The van der Waals surface area contributed by atoms with Crippen molar-refractivity contribution in [2.45, 2.75) is 51.2 Å². The maximum atomic E-state index is 12.5. The van der Waals surface area contributed by atoms with Gasteiger partial charge in [0.15, 0.2) is 0 Å². The highest BCUT2D eigenvalue weighted by atomic mass is 16.5. The monoisotopic (exact) mass is 311 g/mol. The highest BCUT2D eigenvalue weighted by Crippen LogP contribution is 2.15. The fraction of sp³-hybridized carbons (Fsp3) is 0.875. The van der Waals surface area contributed by atoms with E-state index in [2.05, 4.69) is 12.2 Å². The Morgan fingerprint density at radius 3 is 3.00 bits per heavy atom. The van der Waals surface area contributed by atoms with Crippen LogP contribution >= 0.6 is 0 Å². The summed E-state index contributed by atoms with van der Waals surface area (Å²) < 4.78 is 5.61. The summed E-state index contributed by atoms with van der Waals surface area (Å²) in [5, 5.41) is 3.19. The molecule has 0 radical (unpaired) electrons. The first-order valence-electron chi connectivity index (χ1n) is 8.49. The zero-order valence-corrected chi connectivity index (χ0v) is 13.8. The molecule has 1 N–H and O–H groups in total. The summed E-state index contributed by atoms with van der Waals surface area (Å²) in [6.07, 6.45) is 4.59. The summed E-state index contributed by atoms with van der Waals surface area (Å²) in [5.74, 6) is 0.0808. The van der Waals surface area contributed by atoms with Crippen LogP contribution in [-0.4, -0.2) is 73.6 Å². The molecule has 2 saturated heterocycles. The van der Waals surface area contributed by atoms with Gasteiger partial charge < -0.3 is 19.9 Å². The van der Waals surface area contributed by atoms with E-state index in [4.69, 9.17) is 4.74 Å². The Hall–Kier alpha value is -1.14. The number of amides is 2. The molecular weight excluding hydrogens is 282 g/mol. The van der Waals surface area contributed by atoms with Gasteiger partial charge in [0, 0.05) is 39.8 Å². The van der Waals surface area contributed by atoms with E-state index in [-0.39, 0.29) is 30.4 Å². The van der Waals surface area contributed by atoms with Crippen molar-refractivity contribution in [2.24, 2.45) is 0 Å². The summed E-state index contributed by atoms with van der Waals surface area (Å²) in [6, 6.07) is -0.383. The second-order valence-electron chi connectivity index (χ2n) is 6.30. The number of unbranched alkanes of at least 4 members (excludes halogenated alkanes) is 1. The minimum atomic E-state index is -0.383. The predicted octanol–water partition coefficient (Wildman–Crippen LogP) is 0.614. The molecule has 2 aliphatic rings. The first kappa shape index (κ1) is 17.2. The number of ether oxygens (including phenoxy) is 1. The molecule has 2 unspecified atom stereocenters. The smallest absolute Gasteiger partial charge is 0.240 e. The molecule has 2 heterocycles. The molecule has 126 valence electrons. The number of nitrogens with one attached hydrogen (secondary N) is 1. The number of hydrogen-bond donors (Lipinski definition) is 1. The van der Waals surface area contributed by atoms with Gasteiger partial charge in [-0.25, -0.2) is 0 Å². The van der Waals surface area contributed by atoms with E-state index in [0.29, 0.717) is 13.1 Å². The van der Waals surface area contributed by atoms with Gasteiger partial charge in [-0.1, -0.05) is 13.3 Å². The molecular formula is C16H29N3O3. The average molecular weight is 311 g/mol. The molecule has 0 bridgehead atoms. The van der Waals surface area contributed by atoms with Crippen LogP contribution in [0.25, 0.3) is 0 Å². The van der Waals surface area contributed by atoms with Gasteiger partial charge in [-0.15, -0.1) is 0 Å². The maximum Gasteiger partial charge on any atom is 0.240 e. The highest BCUT2D eigenvalue weighted by Gasteiger charge is 2.32. The molecule has 6 nitrogen and oxygen atoms in total. The van der Waals surface area contributed by atoms with Crippen LogP contribution in [0.1, 0.15) is 39.0 Å². The fourth-order valence-electron chi connectivity index (χ4n) is 3.02. The molecule has 0 aromatic rings. The summed E-state index contributed by atoms with van der Waals surface area (Å²) >= 11 is 0. The number of carbonyl (C=O) groups excluding carboxylic acids is 2. The van der Waals surface area contributed by atoms with Crippen LogP contribution in [0.5, 0.6) is 0 Å². The van der Waals surface area contributed by atoms with Gasteiger partial charge >= 0.3 is 0 Å². The maximum absolute atomic E-state index is 12.5. The summed E-state index contributed by atoms with van der Waals surface area (Å²) in [4.78, 5) is 28.3. The van der Waals surface area contributed by atoms with Gasteiger partial charge in [-0.3, -0.25) is 9.59 Å². The Balaban J connectivity index is 1.82. The molecule has 6 heteroatoms. The normalized spacial score (nSPS) is 25.5. The van der Waals surface area contributed by atoms with E-state index in [9.17, 15) is 9.59 Å². The zero-order chi connectivity index (χ0) is 15.9. The summed E-state index contributed by atoms with van der Waals surface area (Å²) in [5.41, 5.74) is 0. The van der Waals surface area contributed by atoms with Gasteiger partial charge in [0.25, 0.3) is 0 Å². The van der Waals surface area contributed by atoms with E-state index >= 15 is 0 Å². The van der Waals surface area contributed by atoms with Crippen LogP contribution in [0.2, 0.25) is 0 Å². The van der Waals surface area contributed by atoms with Crippen molar-refractivity contribution in [1.29, 1.82) is 0 Å². The van der Waals surface area contributed by atoms with Gasteiger partial charge in [-0.05, 0) is 19.3 Å². The van der Waals surface area contributed by atoms with E-state index in [1.165, 1.54) is 0 Å². The number of hydrogen-bond acceptors (Lipinski definition) is 4. The number of rotatable bonds is 7. The minimum Gasteiger partial charge on any atom is -0.376 e. The fourth-order valence-corrected chi connectivity index (χ4v) is 3.02. The lowest BCUT2D eigenvalue weighted by atomic mass is 10.1. The number of piperazine rings is 1. The largest absolute Gasteiger partial charge is 0.376 e. The van der Waals surface area contributed by atoms with Crippen LogP contribution in [0.4, 0.5) is 0 Å². The van der Waals surface area contributed by atoms with Crippen molar-refractivity contribution in [1.82, 2.24) is 15.1 Å². The van der Waals surface area contributed by atoms with Crippen molar-refractivity contribution in [2.75, 3.05) is 39.8 Å². The minimum absolute atomic E-state index is 0.0401. The summed E-state index contributed by atoms with van der Waals surface area (Å²) in [6.45, 7) is 5.78. The Morgan fingerprint density at radius 1 is 1.50 bits per heavy atom. The molecule has 0 spiro atoms. The Morgan fingerprint density at radius 2 is 2.32 bits per heavy atom. The third-order valence-corrected chi connectivity index (χ3v) is 4.48. The first-order chi connectivity index (χ1) is 10.6. The third-order valence-electron chi connectivity index (χ3n) is 4.48. The Bertz CT molecular complexity index is 383. The van der Waals surface area contributed by atoms with Gasteiger partial charge in [0.05, 0.1) is 18.6 Å². The topological polar surface area (TPSA) is 61.9 Å². The first-order valence-corrected chi connectivity index (χ1v) is 8.49. The van der Waals surface area contributed by atoms with Crippen LogP contribution in [0, 0.1) is 0 Å². The molecule has 0 aliphatic carbocycles. The lowest BCUT2D eigenvalue weighted by molar-refractivity contribution is -0.141. The molecule has 2 aliphatic heterocycles. The predicted molar refractivity (Wildman–Crippen MR) is 84.5 cm³/mol. The van der Waals surface area contributed by atoms with Crippen LogP contribution in [-0.2, 0) is 14.3 Å². The molecule has 2 amide bonds. The zero-order valence-electron chi connectivity index (χ0n) is 13.8. The summed E-state index contributed by atoms with van der Waals surface area (Å²) in [7, 11) is 1.81. The van der Waals surface area contributed by atoms with Gasteiger partial charge in [0.2, 0.25) is 11.8 Å². The van der Waals surface area contributed by atoms with Crippen LogP contribution in [0.3, 0.4) is 0 Å². The third kappa shape index (κ3) is 4.68. The SMILES string of the molecule is CCCCN(C)C(=O)CC1NCCN(CC2CCCO2)C1=O. The number of nitrogens with zero attached hydrogens (tertiary/aromatic N) is 2. The van der Waals surface area contributed by atoms with E-state index in [1.54, 1.807) is 4.90 Å². The standard InChI is InChI=1S/C16H29N3O3/c1-3-4-8-18(2)15(20)11-14-16(21)19(9-7-17-14)12-13-6-5-10-22-13/h13-14,17H,3-12H2,1-2H3. The number of carbonyl (C=O) groups is 2. The Kier molecular flexibility index (Phi) is 6.64. The average Bonchev–Trinajstić information content (AvgIpc) is 3.01. The quantitative estimate of drug-likeness (QED) is 0.748. The molecule has 0 aromatic heterocycles. The van der Waals surface area contributed by atoms with Crippen LogP contribution < -0.4 is 5.32 Å². The van der Waals surface area contributed by atoms with Crippen molar-refractivity contribution in [3.63, 3.8) is 0 Å². The Labute approximate surface area is 133 Å². The molecule has 0 saturated carbocycles. The van der Waals surface area contributed by atoms with Crippen molar-refractivity contribution >= 4 is 11.8 Å². The van der Waals surface area contributed by atoms with Crippen molar-refractivity contribution in [3.8, 4) is 0 Å². The van der Waals surface area contributed by atoms with E-state index in [0.717, 1.165) is 45.4 Å². The lowest BCUT2D eigenvalue weighted by Crippen LogP contribution is -2.57. The van der Waals surface area contributed by atoms with E-state index in [1.807, 2.05) is 11.9 Å². The van der Waals surface area contributed by atoms with Crippen molar-refractivity contribution < 1.29 is 14.3 Å². The van der Waals surface area contributed by atoms with Crippen molar-refractivity contribution in [3.05, 3.63) is 0 Å². The molecule has 22 heavy (non-hydrogen) atoms. The second kappa shape index (κ2) is 8.48. The molecule has 2 rings (SSSR count). The van der Waals surface area contributed by atoms with Crippen LogP contribution in [0.15, 0.2) is 0 Å². The highest BCUT2D eigenvalue weighted by molar-refractivity contribution is 5.88. The second-order valence-corrected chi connectivity index (χ2v) is 6.30. The molecule has 0 aromatic carbocycles. The van der Waals surface area contributed by atoms with Gasteiger partial charge in [0.1, 0.15) is 0 Å². The molecule has 2 fully saturated rings. The van der Waals surface area contributed by atoms with Gasteiger partial charge in [-0.2, -0.15) is 0 Å². The lowest BCUT2D eigenvalue weighted by Gasteiger charge is -2.34.